The lowest BCUT2D eigenvalue weighted by Crippen LogP contribution is -2.40. The van der Waals surface area contributed by atoms with Crippen molar-refractivity contribution in [3.05, 3.63) is 48.5 Å². The number of nitrogens with one attached hydrogen (secondary N) is 1. The highest BCUT2D eigenvalue weighted by molar-refractivity contribution is 7.89. The molecule has 0 aliphatic carbocycles. The molecule has 2 fully saturated rings. The van der Waals surface area contributed by atoms with Gasteiger partial charge in [-0.1, -0.05) is 18.2 Å². The highest BCUT2D eigenvalue weighted by atomic mass is 32.2. The highest BCUT2D eigenvalue weighted by Gasteiger charge is 2.28. The first kappa shape index (κ1) is 23.5. The minimum Gasteiger partial charge on any atom is -0.379 e. The van der Waals surface area contributed by atoms with Crippen molar-refractivity contribution in [3.8, 4) is 0 Å². The van der Waals surface area contributed by atoms with Crippen molar-refractivity contribution in [2.24, 2.45) is 0 Å². The van der Waals surface area contributed by atoms with Gasteiger partial charge in [-0.05, 0) is 30.3 Å². The quantitative estimate of drug-likeness (QED) is 0.652. The molecule has 0 saturated carbocycles. The summed E-state index contributed by atoms with van der Waals surface area (Å²) in [6, 6.07) is 14.5. The summed E-state index contributed by atoms with van der Waals surface area (Å²) in [5.41, 5.74) is 2.26. The number of para-hydroxylation sites is 1. The van der Waals surface area contributed by atoms with Crippen LogP contribution in [-0.2, 0) is 24.3 Å². The maximum atomic E-state index is 13.2. The first-order valence-electron chi connectivity index (χ1n) is 11.1. The number of rotatable bonds is 7. The Bertz CT molecular complexity index is 1050. The molecule has 2 aromatic rings. The number of hydrogen-bond donors (Lipinski definition) is 1. The summed E-state index contributed by atoms with van der Waals surface area (Å²) in [4.78, 5) is 16.7. The molecule has 9 nitrogen and oxygen atoms in total. The first-order valence-corrected chi connectivity index (χ1v) is 12.5. The number of benzene rings is 2. The molecule has 0 unspecified atom stereocenters. The van der Waals surface area contributed by atoms with Crippen molar-refractivity contribution < 1.29 is 22.7 Å². The van der Waals surface area contributed by atoms with E-state index in [1.165, 1.54) is 4.31 Å². The van der Waals surface area contributed by atoms with Crippen LogP contribution in [0.3, 0.4) is 0 Å². The van der Waals surface area contributed by atoms with Crippen molar-refractivity contribution in [3.63, 3.8) is 0 Å². The zero-order valence-electron chi connectivity index (χ0n) is 18.8. The topological polar surface area (TPSA) is 91.4 Å². The normalized spacial score (nSPS) is 17.5. The van der Waals surface area contributed by atoms with Gasteiger partial charge in [-0.2, -0.15) is 4.31 Å². The number of anilines is 3. The van der Waals surface area contributed by atoms with Gasteiger partial charge in [0.25, 0.3) is 0 Å². The van der Waals surface area contributed by atoms with Crippen LogP contribution in [0, 0.1) is 0 Å². The number of morpholine rings is 2. The Labute approximate surface area is 194 Å². The number of hydrogen-bond acceptors (Lipinski definition) is 7. The molecule has 178 valence electrons. The molecule has 0 atom stereocenters. The summed E-state index contributed by atoms with van der Waals surface area (Å²) in [7, 11) is -1.93. The third-order valence-corrected chi connectivity index (χ3v) is 7.77. The molecule has 0 radical (unpaired) electrons. The van der Waals surface area contributed by atoms with E-state index in [1.54, 1.807) is 24.1 Å². The Hall–Kier alpha value is -2.66. The van der Waals surface area contributed by atoms with Gasteiger partial charge in [0, 0.05) is 38.9 Å². The number of nitrogens with zero attached hydrogens (tertiary/aromatic N) is 3. The van der Waals surface area contributed by atoms with Crippen LogP contribution in [0.4, 0.5) is 17.1 Å². The van der Waals surface area contributed by atoms with Gasteiger partial charge in [-0.15, -0.1) is 0 Å². The molecule has 0 aromatic heterocycles. The van der Waals surface area contributed by atoms with Crippen molar-refractivity contribution in [2.75, 3.05) is 81.3 Å². The molecular weight excluding hydrogens is 444 g/mol. The predicted molar refractivity (Wildman–Crippen MR) is 127 cm³/mol. The minimum atomic E-state index is -3.66. The molecule has 2 aromatic carbocycles. The molecule has 10 heteroatoms. The lowest BCUT2D eigenvalue weighted by molar-refractivity contribution is -0.116. The zero-order valence-corrected chi connectivity index (χ0v) is 19.6. The second-order valence-corrected chi connectivity index (χ2v) is 9.87. The van der Waals surface area contributed by atoms with E-state index >= 15 is 0 Å². The van der Waals surface area contributed by atoms with Crippen LogP contribution in [0.2, 0.25) is 0 Å². The fourth-order valence-electron chi connectivity index (χ4n) is 3.92. The number of amides is 1. The van der Waals surface area contributed by atoms with Gasteiger partial charge >= 0.3 is 0 Å². The molecule has 2 aliphatic rings. The molecule has 1 N–H and O–H groups in total. The molecule has 0 bridgehead atoms. The average molecular weight is 475 g/mol. The Morgan fingerprint density at radius 3 is 2.27 bits per heavy atom. The monoisotopic (exact) mass is 474 g/mol. The zero-order chi connectivity index (χ0) is 23.3. The van der Waals surface area contributed by atoms with E-state index < -0.39 is 10.0 Å². The van der Waals surface area contributed by atoms with Gasteiger partial charge < -0.3 is 24.6 Å². The van der Waals surface area contributed by atoms with Gasteiger partial charge in [0.1, 0.15) is 0 Å². The number of sulfonamides is 1. The molecule has 2 saturated heterocycles. The first-order chi connectivity index (χ1) is 16.0. The Morgan fingerprint density at radius 1 is 0.970 bits per heavy atom. The smallest absolute Gasteiger partial charge is 0.246 e. The third-order valence-electron chi connectivity index (χ3n) is 5.88. The number of likely N-dealkylation sites (N-methyl/N-ethyl adjacent to an activating group) is 1. The summed E-state index contributed by atoms with van der Waals surface area (Å²) < 4.78 is 38.6. The second kappa shape index (κ2) is 10.5. The molecule has 1 amide bonds. The molecular formula is C23H30N4O5S. The van der Waals surface area contributed by atoms with Gasteiger partial charge in [0.15, 0.2) is 0 Å². The standard InChI is InChI=1S/C23H30N4O5S/c1-25(19-5-3-2-4-6-19)23(28)18-24-21-17-20(33(29,30)27-11-15-32-16-12-27)7-8-22(21)26-9-13-31-14-10-26/h2-8,17,24H,9-16,18H2,1H3. The highest BCUT2D eigenvalue weighted by Crippen LogP contribution is 2.31. The third kappa shape index (κ3) is 5.47. The fraction of sp³-hybridized carbons (Fsp3) is 0.435. The molecule has 2 heterocycles. The van der Waals surface area contributed by atoms with Crippen LogP contribution in [0.15, 0.2) is 53.4 Å². The van der Waals surface area contributed by atoms with E-state index in [-0.39, 0.29) is 17.3 Å². The summed E-state index contributed by atoms with van der Waals surface area (Å²) in [5.74, 6) is -0.129. The summed E-state index contributed by atoms with van der Waals surface area (Å²) in [5, 5.41) is 3.20. The van der Waals surface area contributed by atoms with Gasteiger partial charge in [-0.25, -0.2) is 8.42 Å². The van der Waals surface area contributed by atoms with E-state index in [4.69, 9.17) is 9.47 Å². The minimum absolute atomic E-state index is 0.0315. The van der Waals surface area contributed by atoms with Gasteiger partial charge in [0.2, 0.25) is 15.9 Å². The van der Waals surface area contributed by atoms with Crippen LogP contribution in [-0.4, -0.2) is 84.8 Å². The maximum absolute atomic E-state index is 13.2. The van der Waals surface area contributed by atoms with E-state index in [1.807, 2.05) is 36.4 Å². The summed E-state index contributed by atoms with van der Waals surface area (Å²) >= 11 is 0. The van der Waals surface area contributed by atoms with E-state index in [9.17, 15) is 13.2 Å². The van der Waals surface area contributed by atoms with Crippen LogP contribution in [0.25, 0.3) is 0 Å². The molecule has 0 spiro atoms. The number of carbonyl (C=O) groups excluding carboxylic acids is 1. The number of ether oxygens (including phenoxy) is 2. The largest absolute Gasteiger partial charge is 0.379 e. The second-order valence-electron chi connectivity index (χ2n) is 7.94. The van der Waals surface area contributed by atoms with E-state index in [0.717, 1.165) is 11.4 Å². The average Bonchev–Trinajstić information content (AvgIpc) is 2.88. The molecule has 33 heavy (non-hydrogen) atoms. The maximum Gasteiger partial charge on any atom is 0.246 e. The lowest BCUT2D eigenvalue weighted by Gasteiger charge is -2.31. The van der Waals surface area contributed by atoms with Crippen molar-refractivity contribution >= 4 is 33.0 Å². The summed E-state index contributed by atoms with van der Waals surface area (Å²) in [6.07, 6.45) is 0. The Balaban J connectivity index is 1.57. The molecule has 2 aliphatic heterocycles. The van der Waals surface area contributed by atoms with Crippen LogP contribution in [0.1, 0.15) is 0 Å². The fourth-order valence-corrected chi connectivity index (χ4v) is 5.35. The molecule has 4 rings (SSSR count). The summed E-state index contributed by atoms with van der Waals surface area (Å²) in [6.45, 7) is 4.06. The van der Waals surface area contributed by atoms with Crippen LogP contribution >= 0.6 is 0 Å². The van der Waals surface area contributed by atoms with E-state index in [0.29, 0.717) is 58.3 Å². The lowest BCUT2D eigenvalue weighted by atomic mass is 10.2. The van der Waals surface area contributed by atoms with E-state index in [2.05, 4.69) is 10.2 Å². The van der Waals surface area contributed by atoms with Gasteiger partial charge in [-0.3, -0.25) is 4.79 Å². The van der Waals surface area contributed by atoms with Crippen molar-refractivity contribution in [2.45, 2.75) is 4.90 Å². The van der Waals surface area contributed by atoms with Crippen LogP contribution < -0.4 is 15.1 Å². The van der Waals surface area contributed by atoms with Gasteiger partial charge in [0.05, 0.1) is 49.2 Å². The van der Waals surface area contributed by atoms with Crippen molar-refractivity contribution in [1.29, 1.82) is 0 Å². The Morgan fingerprint density at radius 2 is 1.61 bits per heavy atom. The van der Waals surface area contributed by atoms with Crippen LogP contribution in [0.5, 0.6) is 0 Å². The SMILES string of the molecule is CN(C(=O)CNc1cc(S(=O)(=O)N2CCOCC2)ccc1N1CCOCC1)c1ccccc1. The number of carbonyl (C=O) groups is 1. The van der Waals surface area contributed by atoms with Crippen molar-refractivity contribution in [1.82, 2.24) is 4.31 Å². The predicted octanol–water partition coefficient (Wildman–Crippen LogP) is 1.62. The Kier molecular flexibility index (Phi) is 7.49.